The Kier molecular flexibility index (Phi) is 7.07. The molecule has 2 fully saturated rings. The van der Waals surface area contributed by atoms with Crippen molar-refractivity contribution in [2.75, 3.05) is 38.0 Å². The molecule has 3 atom stereocenters. The molecule has 0 radical (unpaired) electrons. The van der Waals surface area contributed by atoms with Gasteiger partial charge in [-0.2, -0.15) is 4.36 Å². The van der Waals surface area contributed by atoms with Gasteiger partial charge in [-0.3, -0.25) is 0 Å². The Morgan fingerprint density at radius 1 is 1.17 bits per heavy atom. The lowest BCUT2D eigenvalue weighted by Gasteiger charge is -2.23. The van der Waals surface area contributed by atoms with Crippen LogP contribution in [0.4, 0.5) is 21.6 Å². The van der Waals surface area contributed by atoms with Gasteiger partial charge in [-0.25, -0.2) is 18.6 Å². The van der Waals surface area contributed by atoms with Gasteiger partial charge in [0.15, 0.2) is 6.10 Å². The summed E-state index contributed by atoms with van der Waals surface area (Å²) in [7, 11) is -2.45. The van der Waals surface area contributed by atoms with Gasteiger partial charge in [0.2, 0.25) is 0 Å². The average molecular weight is 517 g/mol. The van der Waals surface area contributed by atoms with E-state index in [2.05, 4.69) is 19.6 Å². The Balaban J connectivity index is 1.48. The van der Waals surface area contributed by atoms with E-state index in [1.54, 1.807) is 18.4 Å². The van der Waals surface area contributed by atoms with E-state index in [4.69, 9.17) is 14.2 Å². The summed E-state index contributed by atoms with van der Waals surface area (Å²) in [5.74, 6) is 0.278. The molecule has 192 valence electrons. The molecule has 0 bridgehead atoms. The Hall–Kier alpha value is -2.86. The minimum atomic E-state index is -2.45. The third-order valence-electron chi connectivity index (χ3n) is 6.47. The fourth-order valence-corrected chi connectivity index (χ4v) is 6.28. The van der Waals surface area contributed by atoms with Crippen LogP contribution < -0.4 is 10.1 Å². The molecular weight excluding hydrogens is 487 g/mol. The maximum atomic E-state index is 14.0. The second-order valence-electron chi connectivity index (χ2n) is 9.17. The molecule has 1 unspecified atom stereocenters. The number of fused-ring (bicyclic) bond motifs is 1. The van der Waals surface area contributed by atoms with Gasteiger partial charge in [-0.1, -0.05) is 0 Å². The first-order valence-electron chi connectivity index (χ1n) is 11.8. The van der Waals surface area contributed by atoms with Gasteiger partial charge in [-0.15, -0.1) is 0 Å². The molecular formula is C25H29FN4O5S. The normalized spacial score (nSPS) is 22.3. The van der Waals surface area contributed by atoms with Gasteiger partial charge in [0.1, 0.15) is 29.8 Å². The monoisotopic (exact) mass is 516 g/mol. The highest BCUT2D eigenvalue weighted by atomic mass is 32.2. The number of aliphatic hydroxyl groups is 1. The van der Waals surface area contributed by atoms with Crippen LogP contribution in [0.1, 0.15) is 18.4 Å². The minimum Gasteiger partial charge on any atom is -0.483 e. The molecule has 2 aliphatic rings. The molecule has 0 saturated carbocycles. The molecule has 1 aromatic heterocycles. The maximum absolute atomic E-state index is 14.0. The molecule has 9 nitrogen and oxygen atoms in total. The topological polar surface area (TPSA) is 115 Å². The molecule has 2 aliphatic heterocycles. The van der Waals surface area contributed by atoms with E-state index in [1.807, 2.05) is 13.0 Å². The fraction of sp³-hybridized carbons (Fsp3) is 0.440. The van der Waals surface area contributed by atoms with Crippen LogP contribution >= 0.6 is 0 Å². The summed E-state index contributed by atoms with van der Waals surface area (Å²) in [6, 6.07) is 7.80. The first-order chi connectivity index (χ1) is 17.3. The maximum Gasteiger partial charge on any atom is 0.150 e. The first kappa shape index (κ1) is 24.8. The van der Waals surface area contributed by atoms with Crippen LogP contribution in [0.5, 0.6) is 5.75 Å². The summed E-state index contributed by atoms with van der Waals surface area (Å²) in [5, 5.41) is 14.0. The van der Waals surface area contributed by atoms with Crippen molar-refractivity contribution >= 4 is 37.8 Å². The molecule has 2 N–H and O–H groups in total. The number of nitrogens with one attached hydrogen (secondary N) is 1. The number of hydrogen-bond acceptors (Lipinski definition) is 9. The van der Waals surface area contributed by atoms with Gasteiger partial charge < -0.3 is 24.6 Å². The average Bonchev–Trinajstić information content (AvgIpc) is 3.25. The summed E-state index contributed by atoms with van der Waals surface area (Å²) in [6.45, 7) is 3.51. The molecule has 5 rings (SSSR count). The fourth-order valence-electron chi connectivity index (χ4n) is 4.54. The van der Waals surface area contributed by atoms with Gasteiger partial charge in [-0.05, 0) is 49.6 Å². The number of aryl methyl sites for hydroxylation is 1. The largest absolute Gasteiger partial charge is 0.483 e. The first-order valence-corrected chi connectivity index (χ1v) is 13.8. The highest BCUT2D eigenvalue weighted by molar-refractivity contribution is 7.93. The molecule has 11 heteroatoms. The molecule has 36 heavy (non-hydrogen) atoms. The predicted octanol–water partition coefficient (Wildman–Crippen LogP) is 3.87. The molecule has 0 amide bonds. The molecule has 0 aliphatic carbocycles. The van der Waals surface area contributed by atoms with E-state index in [9.17, 15) is 13.7 Å². The number of aliphatic hydroxyl groups excluding tert-OH is 1. The van der Waals surface area contributed by atoms with Crippen molar-refractivity contribution in [3.63, 3.8) is 0 Å². The highest BCUT2D eigenvalue weighted by Crippen LogP contribution is 2.35. The van der Waals surface area contributed by atoms with Crippen LogP contribution in [0.3, 0.4) is 0 Å². The van der Waals surface area contributed by atoms with Gasteiger partial charge >= 0.3 is 0 Å². The summed E-state index contributed by atoms with van der Waals surface area (Å²) in [5.41, 5.74) is 2.57. The van der Waals surface area contributed by atoms with Gasteiger partial charge in [0.25, 0.3) is 0 Å². The number of halogens is 1. The van der Waals surface area contributed by atoms with E-state index < -0.39 is 27.8 Å². The third-order valence-corrected chi connectivity index (χ3v) is 8.75. The number of aromatic nitrogens is 2. The second kappa shape index (κ2) is 10.3. The second-order valence-corrected chi connectivity index (χ2v) is 11.7. The van der Waals surface area contributed by atoms with Crippen molar-refractivity contribution < 1.29 is 27.9 Å². The standard InChI is InChI=1S/C25H29FN4O5S/c1-15-9-17(30-36(2,32)18-5-7-33-8-6-18)11-20-24(15)25(28-14-27-20)29-19-4-3-16(26)10-22(19)35-23-13-34-12-21(23)31/h3-4,9-11,14,18,21,23,31H,5-8,12-13H2,1-2H3,(H,27,28,29)/t21-,23+,36?/m0/s1. The molecule has 3 heterocycles. The number of nitrogens with zero attached hydrogens (tertiary/aromatic N) is 3. The lowest BCUT2D eigenvalue weighted by atomic mass is 10.1. The highest BCUT2D eigenvalue weighted by Gasteiger charge is 2.29. The summed E-state index contributed by atoms with van der Waals surface area (Å²) in [4.78, 5) is 8.82. The minimum absolute atomic E-state index is 0.00874. The Morgan fingerprint density at radius 2 is 1.97 bits per heavy atom. The van der Waals surface area contributed by atoms with Crippen molar-refractivity contribution in [2.24, 2.45) is 4.36 Å². The molecule has 0 spiro atoms. The molecule has 2 saturated heterocycles. The van der Waals surface area contributed by atoms with Crippen molar-refractivity contribution in [1.29, 1.82) is 0 Å². The van der Waals surface area contributed by atoms with Crippen molar-refractivity contribution in [2.45, 2.75) is 37.2 Å². The van der Waals surface area contributed by atoms with E-state index in [1.165, 1.54) is 18.5 Å². The Labute approximate surface area is 209 Å². The number of ether oxygens (including phenoxy) is 3. The van der Waals surface area contributed by atoms with Crippen LogP contribution in [0.25, 0.3) is 10.9 Å². The van der Waals surface area contributed by atoms with Crippen LogP contribution in [0, 0.1) is 12.7 Å². The Morgan fingerprint density at radius 3 is 2.72 bits per heavy atom. The number of anilines is 2. The van der Waals surface area contributed by atoms with Crippen molar-refractivity contribution in [3.8, 4) is 5.75 Å². The zero-order valence-corrected chi connectivity index (χ0v) is 21.0. The van der Waals surface area contributed by atoms with E-state index in [0.717, 1.165) is 23.8 Å². The summed E-state index contributed by atoms with van der Waals surface area (Å²) >= 11 is 0. The predicted molar refractivity (Wildman–Crippen MR) is 135 cm³/mol. The number of hydrogen-bond donors (Lipinski definition) is 2. The van der Waals surface area contributed by atoms with E-state index in [-0.39, 0.29) is 24.2 Å². The van der Waals surface area contributed by atoms with Gasteiger partial charge in [0, 0.05) is 36.2 Å². The van der Waals surface area contributed by atoms with E-state index >= 15 is 0 Å². The van der Waals surface area contributed by atoms with Gasteiger partial charge in [0.05, 0.1) is 39.8 Å². The zero-order valence-electron chi connectivity index (χ0n) is 20.1. The van der Waals surface area contributed by atoms with Crippen LogP contribution in [-0.4, -0.2) is 69.4 Å². The Bertz CT molecular complexity index is 1390. The quantitative estimate of drug-likeness (QED) is 0.508. The summed E-state index contributed by atoms with van der Waals surface area (Å²) < 4.78 is 48.5. The number of rotatable bonds is 6. The summed E-state index contributed by atoms with van der Waals surface area (Å²) in [6.07, 6.45) is 3.20. The lowest BCUT2D eigenvalue weighted by Crippen LogP contribution is -2.30. The van der Waals surface area contributed by atoms with Crippen molar-refractivity contribution in [1.82, 2.24) is 9.97 Å². The van der Waals surface area contributed by atoms with Crippen LogP contribution in [0.15, 0.2) is 41.0 Å². The van der Waals surface area contributed by atoms with Crippen LogP contribution in [0.2, 0.25) is 0 Å². The third kappa shape index (κ3) is 5.29. The van der Waals surface area contributed by atoms with Crippen molar-refractivity contribution in [3.05, 3.63) is 48.0 Å². The van der Waals surface area contributed by atoms with E-state index in [0.29, 0.717) is 35.9 Å². The SMILES string of the molecule is Cc1cc(N=S(C)(=O)C2CCOCC2)cc2ncnc(Nc3ccc(F)cc3O[C@@H]3COC[C@@H]3O)c12. The number of benzene rings is 2. The zero-order chi connectivity index (χ0) is 25.3. The lowest BCUT2D eigenvalue weighted by molar-refractivity contribution is 0.0736. The smallest absolute Gasteiger partial charge is 0.150 e. The van der Waals surface area contributed by atoms with Crippen LogP contribution in [-0.2, 0) is 19.2 Å². The molecule has 2 aromatic carbocycles. The molecule has 3 aromatic rings.